The van der Waals surface area contributed by atoms with Crippen LogP contribution in [0.15, 0.2) is 54.6 Å². The van der Waals surface area contributed by atoms with E-state index in [2.05, 4.69) is 21.8 Å². The van der Waals surface area contributed by atoms with E-state index in [-0.39, 0.29) is 5.91 Å². The summed E-state index contributed by atoms with van der Waals surface area (Å²) in [6, 6.07) is 16.7. The van der Waals surface area contributed by atoms with Gasteiger partial charge in [-0.25, -0.2) is 8.42 Å². The molecule has 1 aliphatic rings. The summed E-state index contributed by atoms with van der Waals surface area (Å²) in [5.41, 5.74) is 2.05. The van der Waals surface area contributed by atoms with E-state index < -0.39 is 10.0 Å². The summed E-state index contributed by atoms with van der Waals surface area (Å²) in [5, 5.41) is 0. The maximum Gasteiger partial charge on any atom is 0.254 e. The van der Waals surface area contributed by atoms with Crippen molar-refractivity contribution in [1.29, 1.82) is 0 Å². The first-order chi connectivity index (χ1) is 11.9. The number of carbonyl (C=O) groups is 1. The molecular weight excluding hydrogens is 338 g/mol. The molecule has 0 saturated carbocycles. The first-order valence-electron chi connectivity index (χ1n) is 8.09. The van der Waals surface area contributed by atoms with Gasteiger partial charge in [0, 0.05) is 43.1 Å². The van der Waals surface area contributed by atoms with Crippen molar-refractivity contribution >= 4 is 27.3 Å². The third-order valence-electron chi connectivity index (χ3n) is 4.10. The van der Waals surface area contributed by atoms with Crippen LogP contribution in [0.1, 0.15) is 10.4 Å². The highest BCUT2D eigenvalue weighted by Crippen LogP contribution is 2.18. The molecule has 0 aromatic heterocycles. The number of sulfonamides is 1. The molecule has 0 unspecified atom stereocenters. The van der Waals surface area contributed by atoms with Crippen molar-refractivity contribution in [2.24, 2.45) is 0 Å². The largest absolute Gasteiger partial charge is 0.368 e. The fourth-order valence-electron chi connectivity index (χ4n) is 2.92. The van der Waals surface area contributed by atoms with Crippen molar-refractivity contribution < 1.29 is 13.2 Å². The molecule has 0 radical (unpaired) electrons. The molecule has 3 rings (SSSR count). The zero-order valence-corrected chi connectivity index (χ0v) is 14.9. The topological polar surface area (TPSA) is 69.7 Å². The molecule has 1 heterocycles. The van der Waals surface area contributed by atoms with Gasteiger partial charge in [0.05, 0.1) is 6.26 Å². The zero-order chi connectivity index (χ0) is 17.9. The maximum atomic E-state index is 12.7. The summed E-state index contributed by atoms with van der Waals surface area (Å²) >= 11 is 0. The second kappa shape index (κ2) is 7.14. The van der Waals surface area contributed by atoms with E-state index in [9.17, 15) is 13.2 Å². The second-order valence-electron chi connectivity index (χ2n) is 6.07. The minimum Gasteiger partial charge on any atom is -0.368 e. The summed E-state index contributed by atoms with van der Waals surface area (Å²) in [5.74, 6) is -0.0788. The average Bonchev–Trinajstić information content (AvgIpc) is 2.61. The number of para-hydroxylation sites is 1. The summed E-state index contributed by atoms with van der Waals surface area (Å²) in [6.07, 6.45) is 1.09. The van der Waals surface area contributed by atoms with Gasteiger partial charge in [-0.1, -0.05) is 24.3 Å². The maximum absolute atomic E-state index is 12.7. The fourth-order valence-corrected chi connectivity index (χ4v) is 3.47. The standard InChI is InChI=1S/C18H21N3O3S/c1-25(23,24)19-16-7-5-6-15(14-16)18(22)21-12-10-20(11-13-21)17-8-3-2-4-9-17/h2-9,14,19H,10-13H2,1H3. The number of nitrogens with zero attached hydrogens (tertiary/aromatic N) is 2. The number of hydrogen-bond donors (Lipinski definition) is 1. The van der Waals surface area contributed by atoms with Crippen LogP contribution in [0.2, 0.25) is 0 Å². The number of amides is 1. The van der Waals surface area contributed by atoms with Gasteiger partial charge >= 0.3 is 0 Å². The highest BCUT2D eigenvalue weighted by molar-refractivity contribution is 7.92. The molecule has 0 aliphatic carbocycles. The quantitative estimate of drug-likeness (QED) is 0.907. The number of carbonyl (C=O) groups excluding carboxylic acids is 1. The molecule has 6 nitrogen and oxygen atoms in total. The predicted molar refractivity (Wildman–Crippen MR) is 99.5 cm³/mol. The molecule has 0 spiro atoms. The number of piperazine rings is 1. The number of nitrogens with one attached hydrogen (secondary N) is 1. The van der Waals surface area contributed by atoms with Crippen molar-refractivity contribution in [3.63, 3.8) is 0 Å². The van der Waals surface area contributed by atoms with Crippen molar-refractivity contribution in [1.82, 2.24) is 4.90 Å². The molecule has 2 aromatic rings. The highest BCUT2D eigenvalue weighted by atomic mass is 32.2. The van der Waals surface area contributed by atoms with Gasteiger partial charge in [-0.3, -0.25) is 9.52 Å². The van der Waals surface area contributed by atoms with Crippen LogP contribution in [-0.4, -0.2) is 51.7 Å². The third kappa shape index (κ3) is 4.51. The summed E-state index contributed by atoms with van der Waals surface area (Å²) in [4.78, 5) is 16.8. The normalized spacial score (nSPS) is 15.1. The van der Waals surface area contributed by atoms with Gasteiger partial charge in [-0.05, 0) is 30.3 Å². The molecule has 1 amide bonds. The van der Waals surface area contributed by atoms with Gasteiger partial charge in [0.15, 0.2) is 0 Å². The average molecular weight is 359 g/mol. The van der Waals surface area contributed by atoms with Gasteiger partial charge in [-0.15, -0.1) is 0 Å². The van der Waals surface area contributed by atoms with Crippen LogP contribution >= 0.6 is 0 Å². The van der Waals surface area contributed by atoms with E-state index >= 15 is 0 Å². The molecule has 1 fully saturated rings. The molecule has 1 N–H and O–H groups in total. The first-order valence-corrected chi connectivity index (χ1v) is 9.99. The summed E-state index contributed by atoms with van der Waals surface area (Å²) in [7, 11) is -3.36. The van der Waals surface area contributed by atoms with Gasteiger partial charge < -0.3 is 9.80 Å². The number of hydrogen-bond acceptors (Lipinski definition) is 4. The lowest BCUT2D eigenvalue weighted by Crippen LogP contribution is -2.48. The minimum atomic E-state index is -3.36. The lowest BCUT2D eigenvalue weighted by molar-refractivity contribution is 0.0747. The van der Waals surface area contributed by atoms with Gasteiger partial charge in [-0.2, -0.15) is 0 Å². The van der Waals surface area contributed by atoms with E-state index in [0.717, 1.165) is 25.0 Å². The van der Waals surface area contributed by atoms with Crippen LogP contribution in [0.4, 0.5) is 11.4 Å². The number of anilines is 2. The van der Waals surface area contributed by atoms with E-state index in [1.165, 1.54) is 0 Å². The zero-order valence-electron chi connectivity index (χ0n) is 14.1. The van der Waals surface area contributed by atoms with Crippen molar-refractivity contribution in [2.45, 2.75) is 0 Å². The van der Waals surface area contributed by atoms with E-state index in [1.807, 2.05) is 18.2 Å². The molecule has 25 heavy (non-hydrogen) atoms. The molecule has 2 aromatic carbocycles. The van der Waals surface area contributed by atoms with Gasteiger partial charge in [0.1, 0.15) is 0 Å². The first kappa shape index (κ1) is 17.3. The smallest absolute Gasteiger partial charge is 0.254 e. The number of benzene rings is 2. The van der Waals surface area contributed by atoms with Crippen LogP contribution < -0.4 is 9.62 Å². The van der Waals surface area contributed by atoms with Crippen LogP contribution in [0.25, 0.3) is 0 Å². The lowest BCUT2D eigenvalue weighted by Gasteiger charge is -2.36. The van der Waals surface area contributed by atoms with Crippen molar-refractivity contribution in [2.75, 3.05) is 42.1 Å². The van der Waals surface area contributed by atoms with E-state index in [1.54, 1.807) is 29.2 Å². The van der Waals surface area contributed by atoms with Crippen LogP contribution in [-0.2, 0) is 10.0 Å². The molecule has 0 atom stereocenters. The van der Waals surface area contributed by atoms with E-state index in [4.69, 9.17) is 0 Å². The Bertz CT molecular complexity index is 845. The Kier molecular flexibility index (Phi) is 4.94. The number of rotatable bonds is 4. The SMILES string of the molecule is CS(=O)(=O)Nc1cccc(C(=O)N2CCN(c3ccccc3)CC2)c1. The Hall–Kier alpha value is -2.54. The van der Waals surface area contributed by atoms with Crippen LogP contribution in [0.3, 0.4) is 0 Å². The van der Waals surface area contributed by atoms with Crippen LogP contribution in [0.5, 0.6) is 0 Å². The Morgan fingerprint density at radius 2 is 1.64 bits per heavy atom. The van der Waals surface area contributed by atoms with Crippen LogP contribution in [0, 0.1) is 0 Å². The third-order valence-corrected chi connectivity index (χ3v) is 4.71. The lowest BCUT2D eigenvalue weighted by atomic mass is 10.1. The second-order valence-corrected chi connectivity index (χ2v) is 7.82. The summed E-state index contributed by atoms with van der Waals surface area (Å²) in [6.45, 7) is 2.82. The molecule has 0 bridgehead atoms. The Morgan fingerprint density at radius 3 is 2.28 bits per heavy atom. The monoisotopic (exact) mass is 359 g/mol. The van der Waals surface area contributed by atoms with Crippen molar-refractivity contribution in [3.8, 4) is 0 Å². The van der Waals surface area contributed by atoms with Gasteiger partial charge in [0.25, 0.3) is 5.91 Å². The molecular formula is C18H21N3O3S. The van der Waals surface area contributed by atoms with Gasteiger partial charge in [0.2, 0.25) is 10.0 Å². The Labute approximate surface area is 148 Å². The summed E-state index contributed by atoms with van der Waals surface area (Å²) < 4.78 is 25.1. The molecule has 1 aliphatic heterocycles. The molecule has 1 saturated heterocycles. The fraction of sp³-hybridized carbons (Fsp3) is 0.278. The molecule has 7 heteroatoms. The van der Waals surface area contributed by atoms with Crippen molar-refractivity contribution in [3.05, 3.63) is 60.2 Å². The Morgan fingerprint density at radius 1 is 0.960 bits per heavy atom. The molecule has 132 valence electrons. The Balaban J connectivity index is 1.66. The minimum absolute atomic E-state index is 0.0788. The predicted octanol–water partition coefficient (Wildman–Crippen LogP) is 2.02. The highest BCUT2D eigenvalue weighted by Gasteiger charge is 2.22. The van der Waals surface area contributed by atoms with E-state index in [0.29, 0.717) is 24.3 Å².